The van der Waals surface area contributed by atoms with Crippen LogP contribution in [0, 0.1) is 27.7 Å². The lowest BCUT2D eigenvalue weighted by atomic mass is 9.97. The van der Waals surface area contributed by atoms with Crippen LogP contribution in [-0.2, 0) is 6.42 Å². The van der Waals surface area contributed by atoms with E-state index in [1.807, 2.05) is 0 Å². The van der Waals surface area contributed by atoms with Gasteiger partial charge in [0.2, 0.25) is 0 Å². The third-order valence-corrected chi connectivity index (χ3v) is 11.9. The molecule has 0 aliphatic heterocycles. The third-order valence-electron chi connectivity index (χ3n) is 9.73. The number of fused-ring (bicyclic) bond motifs is 1. The highest BCUT2D eigenvalue weighted by Crippen LogP contribution is 2.52. The predicted molar refractivity (Wildman–Crippen MR) is 211 cm³/mol. The van der Waals surface area contributed by atoms with Crippen LogP contribution in [0.1, 0.15) is 39.5 Å². The molecule has 0 spiro atoms. The molecule has 7 aromatic rings. The Morgan fingerprint density at radius 2 is 0.878 bits per heavy atom. The van der Waals surface area contributed by atoms with Crippen LogP contribution in [0.3, 0.4) is 0 Å². The lowest BCUT2D eigenvalue weighted by Gasteiger charge is -2.24. The summed E-state index contributed by atoms with van der Waals surface area (Å²) in [4.78, 5) is 0. The van der Waals surface area contributed by atoms with Gasteiger partial charge in [-0.15, -0.1) is 0 Å². The largest absolute Gasteiger partial charge is 0.482 e. The maximum atomic E-state index is 7.25. The second-order valence-corrected chi connectivity index (χ2v) is 15.4. The molecule has 1 aliphatic carbocycles. The summed E-state index contributed by atoms with van der Waals surface area (Å²) >= 11 is 0. The van der Waals surface area contributed by atoms with Gasteiger partial charge in [-0.3, -0.25) is 0 Å². The van der Waals surface area contributed by atoms with Crippen LogP contribution in [0.5, 0.6) is 11.0 Å². The van der Waals surface area contributed by atoms with Gasteiger partial charge in [-0.1, -0.05) is 160 Å². The monoisotopic (exact) mass is 674 g/mol. The average molecular weight is 675 g/mol. The van der Waals surface area contributed by atoms with E-state index in [0.29, 0.717) is 16.4 Å². The number of ether oxygens (including phenoxy) is 2. The van der Waals surface area contributed by atoms with E-state index in [1.54, 1.807) is 0 Å². The normalized spacial score (nSPS) is 15.6. The van der Waals surface area contributed by atoms with Gasteiger partial charge in [0.05, 0.1) is 0 Å². The Hall–Kier alpha value is -4.74. The minimum absolute atomic E-state index is 0.147. The van der Waals surface area contributed by atoms with E-state index in [9.17, 15) is 0 Å². The van der Waals surface area contributed by atoms with Crippen molar-refractivity contribution in [2.75, 3.05) is 0 Å². The molecule has 0 saturated heterocycles. The van der Waals surface area contributed by atoms with Gasteiger partial charge in [-0.2, -0.15) is 0 Å². The Labute approximate surface area is 293 Å². The fraction of sp³-hybridized carbons (Fsp3) is 0.156. The Morgan fingerprint density at radius 3 is 1.35 bits per heavy atom. The average Bonchev–Trinajstić information content (AvgIpc) is 3.82. The molecule has 2 nitrogen and oxygen atoms in total. The van der Waals surface area contributed by atoms with Crippen LogP contribution in [0.15, 0.2) is 133 Å². The van der Waals surface area contributed by atoms with E-state index >= 15 is 0 Å². The summed E-state index contributed by atoms with van der Waals surface area (Å²) in [6, 6.07) is 44.2. The van der Waals surface area contributed by atoms with Gasteiger partial charge >= 0.3 is 0 Å². The summed E-state index contributed by atoms with van der Waals surface area (Å²) in [5.41, 5.74) is 19.3. The SMILES string of the molecule is Cc1ccc(-c2c[pH]c(OC3Cc4ccccc4C3Oc3[pH]cc(-c4ccc(C)cc4)c3-c3ccc(C)cc3)c2-c2ccc(C)cc2)cc1. The van der Waals surface area contributed by atoms with Crippen molar-refractivity contribution in [1.29, 1.82) is 0 Å². The summed E-state index contributed by atoms with van der Waals surface area (Å²) in [6.45, 7) is 8.56. The van der Waals surface area contributed by atoms with Crippen molar-refractivity contribution in [2.24, 2.45) is 0 Å². The highest BCUT2D eigenvalue weighted by molar-refractivity contribution is 7.33. The smallest absolute Gasteiger partial charge is 0.161 e. The van der Waals surface area contributed by atoms with Crippen LogP contribution in [-0.4, -0.2) is 6.10 Å². The van der Waals surface area contributed by atoms with E-state index in [2.05, 4.69) is 161 Å². The molecule has 8 rings (SSSR count). The van der Waals surface area contributed by atoms with Crippen molar-refractivity contribution in [3.8, 4) is 55.5 Å². The molecular weight excluding hydrogens is 634 g/mol. The zero-order valence-corrected chi connectivity index (χ0v) is 30.4. The number of hydrogen-bond donors (Lipinski definition) is 0. The molecule has 4 atom stereocenters. The maximum Gasteiger partial charge on any atom is 0.161 e. The number of rotatable bonds is 8. The number of benzene rings is 5. The van der Waals surface area contributed by atoms with Gasteiger partial charge < -0.3 is 9.47 Å². The molecule has 0 amide bonds. The predicted octanol–water partition coefficient (Wildman–Crippen LogP) is 12.8. The molecule has 0 radical (unpaired) electrons. The molecule has 5 aromatic carbocycles. The van der Waals surface area contributed by atoms with Crippen molar-refractivity contribution in [3.63, 3.8) is 0 Å². The maximum absolute atomic E-state index is 7.25. The van der Waals surface area contributed by atoms with E-state index in [0.717, 1.165) is 17.4 Å². The lowest BCUT2D eigenvalue weighted by Crippen LogP contribution is -2.25. The first-order valence-corrected chi connectivity index (χ1v) is 19.2. The third kappa shape index (κ3) is 6.28. The van der Waals surface area contributed by atoms with Gasteiger partial charge in [-0.05, 0) is 83.8 Å². The fourth-order valence-corrected chi connectivity index (χ4v) is 9.41. The van der Waals surface area contributed by atoms with Crippen molar-refractivity contribution in [1.82, 2.24) is 0 Å². The van der Waals surface area contributed by atoms with Crippen LogP contribution < -0.4 is 9.47 Å². The van der Waals surface area contributed by atoms with Crippen molar-refractivity contribution in [2.45, 2.75) is 46.3 Å². The Morgan fingerprint density at radius 1 is 0.469 bits per heavy atom. The number of hydrogen-bond acceptors (Lipinski definition) is 2. The van der Waals surface area contributed by atoms with E-state index in [1.165, 1.54) is 77.9 Å². The molecule has 242 valence electrons. The van der Waals surface area contributed by atoms with E-state index in [4.69, 9.17) is 9.47 Å². The molecular formula is C45H40O2P2. The van der Waals surface area contributed by atoms with Crippen LogP contribution in [0.2, 0.25) is 0 Å². The first-order valence-electron chi connectivity index (χ1n) is 17.0. The summed E-state index contributed by atoms with van der Waals surface area (Å²) in [7, 11) is 0.879. The summed E-state index contributed by atoms with van der Waals surface area (Å²) < 4.78 is 14.5. The minimum atomic E-state index is -0.218. The molecule has 49 heavy (non-hydrogen) atoms. The molecule has 2 heterocycles. The Bertz CT molecular complexity index is 2220. The Balaban J connectivity index is 1.20. The topological polar surface area (TPSA) is 18.5 Å². The molecule has 0 fully saturated rings. The quantitative estimate of drug-likeness (QED) is 0.160. The van der Waals surface area contributed by atoms with Crippen molar-refractivity contribution < 1.29 is 9.47 Å². The highest BCUT2D eigenvalue weighted by Gasteiger charge is 2.37. The lowest BCUT2D eigenvalue weighted by molar-refractivity contribution is 0.0737. The molecule has 4 heteroatoms. The van der Waals surface area contributed by atoms with E-state index < -0.39 is 0 Å². The Kier molecular flexibility index (Phi) is 8.55. The summed E-state index contributed by atoms with van der Waals surface area (Å²) in [6.07, 6.45) is 0.445. The van der Waals surface area contributed by atoms with Crippen LogP contribution >= 0.6 is 16.4 Å². The van der Waals surface area contributed by atoms with Gasteiger partial charge in [0.1, 0.15) is 17.1 Å². The van der Waals surface area contributed by atoms with Crippen molar-refractivity contribution in [3.05, 3.63) is 166 Å². The summed E-state index contributed by atoms with van der Waals surface area (Å²) in [5, 5.41) is 0. The molecule has 4 unspecified atom stereocenters. The van der Waals surface area contributed by atoms with Crippen molar-refractivity contribution >= 4 is 16.4 Å². The number of aryl methyl sites for hydroxylation is 4. The minimum Gasteiger partial charge on any atom is -0.482 e. The fourth-order valence-electron chi connectivity index (χ4n) is 6.97. The van der Waals surface area contributed by atoms with Gasteiger partial charge in [-0.25, -0.2) is 0 Å². The van der Waals surface area contributed by atoms with Gasteiger partial charge in [0.25, 0.3) is 0 Å². The summed E-state index contributed by atoms with van der Waals surface area (Å²) in [5.74, 6) is 4.72. The first kappa shape index (κ1) is 31.5. The molecule has 0 N–H and O–H groups in total. The molecule has 1 aliphatic rings. The molecule has 2 aromatic heterocycles. The van der Waals surface area contributed by atoms with Gasteiger partial charge in [0.15, 0.2) is 6.10 Å². The van der Waals surface area contributed by atoms with Crippen LogP contribution in [0.25, 0.3) is 44.5 Å². The zero-order chi connectivity index (χ0) is 33.5. The molecule has 0 saturated carbocycles. The second kappa shape index (κ2) is 13.3. The first-order chi connectivity index (χ1) is 23.9. The van der Waals surface area contributed by atoms with Crippen LogP contribution in [0.4, 0.5) is 0 Å². The standard InChI is InChI=1S/C45H40O2P2/c1-28-9-17-32(18-10-28)38-26-48-44(41(38)34-21-13-30(3)14-22-34)46-40-25-36-7-5-6-8-37(36)43(40)47-45-42(35-23-15-31(4)16-24-35)39(27-49-45)33-19-11-29(2)12-20-33/h5-24,26-27,40,43,48-49H,25H2,1-4H3. The highest BCUT2D eigenvalue weighted by atomic mass is 31.0. The van der Waals surface area contributed by atoms with Gasteiger partial charge in [0, 0.05) is 17.5 Å². The zero-order valence-electron chi connectivity index (χ0n) is 28.4. The molecule has 0 bridgehead atoms. The second-order valence-electron chi connectivity index (χ2n) is 13.4. The van der Waals surface area contributed by atoms with E-state index in [-0.39, 0.29) is 12.2 Å².